The van der Waals surface area contributed by atoms with Crippen LogP contribution in [0.2, 0.25) is 5.02 Å². The van der Waals surface area contributed by atoms with Gasteiger partial charge in [-0.15, -0.1) is 0 Å². The Labute approximate surface area is 112 Å². The Hall–Kier alpha value is -1.06. The molecule has 0 atom stereocenters. The van der Waals surface area contributed by atoms with Crippen LogP contribution < -0.4 is 5.32 Å². The molecule has 3 nitrogen and oxygen atoms in total. The van der Waals surface area contributed by atoms with Gasteiger partial charge in [-0.25, -0.2) is 0 Å². The summed E-state index contributed by atoms with van der Waals surface area (Å²) in [5.41, 5.74) is 1.27. The summed E-state index contributed by atoms with van der Waals surface area (Å²) in [5.74, 6) is 0.0954. The van der Waals surface area contributed by atoms with Crippen molar-refractivity contribution in [2.24, 2.45) is 5.41 Å². The minimum Gasteiger partial charge on any atom is -0.380 e. The Balaban J connectivity index is 1.69. The number of nitrogens with one attached hydrogen (secondary N) is 1. The van der Waals surface area contributed by atoms with Crippen LogP contribution in [0.1, 0.15) is 18.9 Å². The lowest BCUT2D eigenvalue weighted by atomic mass is 9.89. The molecule has 98 valence electrons. The van der Waals surface area contributed by atoms with E-state index in [-0.39, 0.29) is 11.3 Å². The number of ether oxygens (including phenoxy) is 1. The molecule has 0 saturated carbocycles. The van der Waals surface area contributed by atoms with Crippen LogP contribution in [0.3, 0.4) is 0 Å². The van der Waals surface area contributed by atoms with Crippen LogP contribution in [0, 0.1) is 5.41 Å². The number of carbonyl (C=O) groups excluding carboxylic acids is 1. The average Bonchev–Trinajstić information content (AvgIpc) is 2.33. The van der Waals surface area contributed by atoms with Crippen molar-refractivity contribution in [3.8, 4) is 0 Å². The van der Waals surface area contributed by atoms with Crippen molar-refractivity contribution >= 4 is 17.5 Å². The largest absolute Gasteiger partial charge is 0.380 e. The second kappa shape index (κ2) is 5.72. The van der Waals surface area contributed by atoms with E-state index in [0.29, 0.717) is 13.0 Å². The van der Waals surface area contributed by atoms with Gasteiger partial charge in [0.25, 0.3) is 0 Å². The summed E-state index contributed by atoms with van der Waals surface area (Å²) >= 11 is 5.81. The summed E-state index contributed by atoms with van der Waals surface area (Å²) in [7, 11) is 0. The van der Waals surface area contributed by atoms with Gasteiger partial charge in [0.2, 0.25) is 5.91 Å². The number of hydrogen-bond acceptors (Lipinski definition) is 2. The quantitative estimate of drug-likeness (QED) is 0.890. The maximum Gasteiger partial charge on any atom is 0.220 e. The molecule has 0 spiro atoms. The zero-order valence-electron chi connectivity index (χ0n) is 10.5. The van der Waals surface area contributed by atoms with Gasteiger partial charge in [-0.3, -0.25) is 4.79 Å². The van der Waals surface area contributed by atoms with Gasteiger partial charge in [-0.1, -0.05) is 30.7 Å². The lowest BCUT2D eigenvalue weighted by molar-refractivity contribution is -0.126. The van der Waals surface area contributed by atoms with Gasteiger partial charge < -0.3 is 10.1 Å². The van der Waals surface area contributed by atoms with E-state index in [0.717, 1.165) is 30.2 Å². The van der Waals surface area contributed by atoms with E-state index in [1.807, 2.05) is 24.3 Å². The number of benzene rings is 1. The van der Waals surface area contributed by atoms with Gasteiger partial charge >= 0.3 is 0 Å². The van der Waals surface area contributed by atoms with Gasteiger partial charge in [-0.05, 0) is 24.1 Å². The second-order valence-electron chi connectivity index (χ2n) is 5.21. The summed E-state index contributed by atoms with van der Waals surface area (Å²) in [6.45, 7) is 4.30. The highest BCUT2D eigenvalue weighted by molar-refractivity contribution is 6.30. The Morgan fingerprint density at radius 2 is 2.06 bits per heavy atom. The molecule has 1 amide bonds. The average molecular weight is 268 g/mol. The van der Waals surface area contributed by atoms with Gasteiger partial charge in [0, 0.05) is 23.4 Å². The van der Waals surface area contributed by atoms with Crippen LogP contribution in [0.4, 0.5) is 0 Å². The van der Waals surface area contributed by atoms with E-state index in [1.165, 1.54) is 0 Å². The third-order valence-electron chi connectivity index (χ3n) is 3.17. The monoisotopic (exact) mass is 267 g/mol. The number of aryl methyl sites for hydroxylation is 1. The number of carbonyl (C=O) groups is 1. The number of hydrogen-bond donors (Lipinski definition) is 1. The molecule has 0 aliphatic carbocycles. The van der Waals surface area contributed by atoms with E-state index in [9.17, 15) is 4.79 Å². The molecule has 0 bridgehead atoms. The lowest BCUT2D eigenvalue weighted by Gasteiger charge is -2.38. The molecule has 0 unspecified atom stereocenters. The summed E-state index contributed by atoms with van der Waals surface area (Å²) in [6, 6.07) is 7.61. The number of amides is 1. The topological polar surface area (TPSA) is 38.3 Å². The maximum absolute atomic E-state index is 11.7. The predicted molar refractivity (Wildman–Crippen MR) is 71.7 cm³/mol. The molecule has 1 aliphatic heterocycles. The molecular formula is C14H18ClNO2. The first-order chi connectivity index (χ1) is 8.57. The Bertz CT molecular complexity index is 412. The Morgan fingerprint density at radius 3 is 2.61 bits per heavy atom. The van der Waals surface area contributed by atoms with Crippen LogP contribution in [-0.4, -0.2) is 25.7 Å². The Morgan fingerprint density at radius 1 is 1.39 bits per heavy atom. The first kappa shape index (κ1) is 13.4. The lowest BCUT2D eigenvalue weighted by Crippen LogP contribution is -2.48. The molecule has 4 heteroatoms. The fourth-order valence-electron chi connectivity index (χ4n) is 1.86. The fraction of sp³-hybridized carbons (Fsp3) is 0.500. The molecule has 0 aromatic heterocycles. The van der Waals surface area contributed by atoms with Crippen LogP contribution in [0.5, 0.6) is 0 Å². The summed E-state index contributed by atoms with van der Waals surface area (Å²) in [6.07, 6.45) is 1.26. The second-order valence-corrected chi connectivity index (χ2v) is 5.64. The van der Waals surface area contributed by atoms with Crippen LogP contribution in [-0.2, 0) is 16.0 Å². The Kier molecular flexibility index (Phi) is 4.25. The molecule has 1 aliphatic rings. The normalized spacial score (nSPS) is 17.0. The van der Waals surface area contributed by atoms with Crippen LogP contribution in [0.25, 0.3) is 0 Å². The van der Waals surface area contributed by atoms with Crippen molar-refractivity contribution in [1.29, 1.82) is 0 Å². The van der Waals surface area contributed by atoms with Gasteiger partial charge in [0.1, 0.15) is 0 Å². The summed E-state index contributed by atoms with van der Waals surface area (Å²) in [4.78, 5) is 11.7. The molecule has 1 aromatic carbocycles. The van der Waals surface area contributed by atoms with E-state index >= 15 is 0 Å². The molecular weight excluding hydrogens is 250 g/mol. The highest BCUT2D eigenvalue weighted by Crippen LogP contribution is 2.25. The smallest absolute Gasteiger partial charge is 0.220 e. The van der Waals surface area contributed by atoms with Gasteiger partial charge in [0.05, 0.1) is 13.2 Å². The van der Waals surface area contributed by atoms with E-state index < -0.39 is 0 Å². The summed E-state index contributed by atoms with van der Waals surface area (Å²) in [5, 5.41) is 3.68. The van der Waals surface area contributed by atoms with E-state index in [4.69, 9.17) is 16.3 Å². The third kappa shape index (κ3) is 3.72. The highest BCUT2D eigenvalue weighted by atomic mass is 35.5. The molecule has 1 N–H and O–H groups in total. The predicted octanol–water partition coefficient (Wildman–Crippen LogP) is 2.43. The van der Waals surface area contributed by atoms with Crippen molar-refractivity contribution in [3.63, 3.8) is 0 Å². The minimum atomic E-state index is 0.0954. The zero-order chi connectivity index (χ0) is 13.0. The third-order valence-corrected chi connectivity index (χ3v) is 3.42. The molecule has 18 heavy (non-hydrogen) atoms. The van der Waals surface area contributed by atoms with Gasteiger partial charge in [-0.2, -0.15) is 0 Å². The van der Waals surface area contributed by atoms with Crippen molar-refractivity contribution in [2.45, 2.75) is 19.8 Å². The molecule has 1 aromatic rings. The minimum absolute atomic E-state index is 0.0954. The number of halogens is 1. The van der Waals surface area contributed by atoms with E-state index in [1.54, 1.807) is 0 Å². The molecule has 1 heterocycles. The SMILES string of the molecule is CC1(CNC(=O)CCc2ccc(Cl)cc2)COC1. The highest BCUT2D eigenvalue weighted by Gasteiger charge is 2.33. The molecule has 1 fully saturated rings. The van der Waals surface area contributed by atoms with Crippen molar-refractivity contribution < 1.29 is 9.53 Å². The maximum atomic E-state index is 11.7. The van der Waals surface area contributed by atoms with Crippen LogP contribution >= 0.6 is 11.6 Å². The molecule has 2 rings (SSSR count). The fourth-order valence-corrected chi connectivity index (χ4v) is 1.99. The standard InChI is InChI=1S/C14H18ClNO2/c1-14(9-18-10-14)8-16-13(17)7-4-11-2-5-12(15)6-3-11/h2-3,5-6H,4,7-10H2,1H3,(H,16,17). The molecule has 1 saturated heterocycles. The zero-order valence-corrected chi connectivity index (χ0v) is 11.3. The molecule has 0 radical (unpaired) electrons. The summed E-state index contributed by atoms with van der Waals surface area (Å²) < 4.78 is 5.15. The van der Waals surface area contributed by atoms with Crippen molar-refractivity contribution in [1.82, 2.24) is 5.32 Å². The van der Waals surface area contributed by atoms with Gasteiger partial charge in [0.15, 0.2) is 0 Å². The first-order valence-corrected chi connectivity index (χ1v) is 6.54. The van der Waals surface area contributed by atoms with Crippen LogP contribution in [0.15, 0.2) is 24.3 Å². The van der Waals surface area contributed by atoms with Crippen molar-refractivity contribution in [3.05, 3.63) is 34.9 Å². The number of rotatable bonds is 5. The van der Waals surface area contributed by atoms with Crippen molar-refractivity contribution in [2.75, 3.05) is 19.8 Å². The van der Waals surface area contributed by atoms with E-state index in [2.05, 4.69) is 12.2 Å². The first-order valence-electron chi connectivity index (χ1n) is 6.16.